The highest BCUT2D eigenvalue weighted by Crippen LogP contribution is 2.27. The van der Waals surface area contributed by atoms with Gasteiger partial charge in [0.15, 0.2) is 0 Å². The maximum atomic E-state index is 11.6. The zero-order valence-corrected chi connectivity index (χ0v) is 9.96. The van der Waals surface area contributed by atoms with Gasteiger partial charge in [-0.25, -0.2) is 4.79 Å². The van der Waals surface area contributed by atoms with Crippen molar-refractivity contribution in [3.05, 3.63) is 48.2 Å². The minimum Gasteiger partial charge on any atom is -0.507 e. The molecule has 2 aromatic rings. The van der Waals surface area contributed by atoms with E-state index >= 15 is 0 Å². The average Bonchev–Trinajstić information content (AvgIpc) is 2.40. The summed E-state index contributed by atoms with van der Waals surface area (Å²) < 4.78 is 4.92. The molecule has 4 nitrogen and oxygen atoms in total. The molecule has 1 aromatic heterocycles. The smallest absolute Gasteiger partial charge is 0.338 e. The van der Waals surface area contributed by atoms with Crippen LogP contribution < -0.4 is 0 Å². The highest BCUT2D eigenvalue weighted by molar-refractivity contribution is 5.90. The van der Waals surface area contributed by atoms with Gasteiger partial charge in [-0.15, -0.1) is 0 Å². The lowest BCUT2D eigenvalue weighted by atomic mass is 10.1. The number of hydrogen-bond donors (Lipinski definition) is 1. The minimum atomic E-state index is -0.392. The Hall–Kier alpha value is -2.36. The summed E-state index contributed by atoms with van der Waals surface area (Å²) in [6.07, 6.45) is 1.52. The zero-order chi connectivity index (χ0) is 13.0. The number of benzene rings is 1. The van der Waals surface area contributed by atoms with Crippen LogP contribution in [-0.4, -0.2) is 22.7 Å². The zero-order valence-electron chi connectivity index (χ0n) is 9.96. The van der Waals surface area contributed by atoms with Crippen molar-refractivity contribution < 1.29 is 14.6 Å². The summed E-state index contributed by atoms with van der Waals surface area (Å²) in [5.74, 6) is -0.262. The summed E-state index contributed by atoms with van der Waals surface area (Å²) in [6.45, 7) is 2.08. The number of aromatic hydroxyl groups is 1. The van der Waals surface area contributed by atoms with Gasteiger partial charge < -0.3 is 9.84 Å². The summed E-state index contributed by atoms with van der Waals surface area (Å²) in [5.41, 5.74) is 1.55. The van der Waals surface area contributed by atoms with Gasteiger partial charge in [-0.05, 0) is 31.2 Å². The van der Waals surface area contributed by atoms with E-state index in [0.717, 1.165) is 0 Å². The molecule has 18 heavy (non-hydrogen) atoms. The first-order chi connectivity index (χ1) is 8.72. The molecule has 0 saturated heterocycles. The molecule has 0 aliphatic carbocycles. The number of esters is 1. The summed E-state index contributed by atoms with van der Waals surface area (Å²) in [7, 11) is 0. The molecule has 0 fully saturated rings. The Kier molecular flexibility index (Phi) is 3.57. The largest absolute Gasteiger partial charge is 0.507 e. The van der Waals surface area contributed by atoms with Crippen molar-refractivity contribution in [2.24, 2.45) is 0 Å². The molecule has 0 aliphatic rings. The molecule has 4 heteroatoms. The fourth-order valence-corrected chi connectivity index (χ4v) is 1.61. The Morgan fingerprint density at radius 2 is 2.11 bits per heavy atom. The summed E-state index contributed by atoms with van der Waals surface area (Å²) >= 11 is 0. The van der Waals surface area contributed by atoms with Crippen LogP contribution in [0.2, 0.25) is 0 Å². The van der Waals surface area contributed by atoms with E-state index in [-0.39, 0.29) is 5.75 Å². The van der Waals surface area contributed by atoms with Gasteiger partial charge in [0.25, 0.3) is 0 Å². The van der Waals surface area contributed by atoms with Crippen LogP contribution in [0.4, 0.5) is 0 Å². The van der Waals surface area contributed by atoms with E-state index in [2.05, 4.69) is 4.98 Å². The molecule has 2 rings (SSSR count). The second-order valence-corrected chi connectivity index (χ2v) is 3.67. The third kappa shape index (κ3) is 2.48. The number of phenolic OH excluding ortho intramolecular Hbond substituents is 1. The molecule has 0 radical (unpaired) electrons. The minimum absolute atomic E-state index is 0.131. The number of ether oxygens (including phenoxy) is 1. The van der Waals surface area contributed by atoms with Crippen LogP contribution in [0, 0.1) is 0 Å². The van der Waals surface area contributed by atoms with E-state index in [1.807, 2.05) is 0 Å². The molecule has 0 atom stereocenters. The maximum absolute atomic E-state index is 11.6. The van der Waals surface area contributed by atoms with Crippen LogP contribution in [-0.2, 0) is 4.74 Å². The predicted molar refractivity (Wildman–Crippen MR) is 67.3 cm³/mol. The van der Waals surface area contributed by atoms with Crippen LogP contribution in [0.5, 0.6) is 5.75 Å². The summed E-state index contributed by atoms with van der Waals surface area (Å²) in [6, 6.07) is 10.0. The maximum Gasteiger partial charge on any atom is 0.338 e. The molecule has 1 heterocycles. The first kappa shape index (κ1) is 12.1. The Labute approximate surface area is 105 Å². The first-order valence-electron chi connectivity index (χ1n) is 5.64. The number of carbonyl (C=O) groups is 1. The topological polar surface area (TPSA) is 59.4 Å². The molecule has 1 N–H and O–H groups in total. The molecule has 1 aromatic carbocycles. The van der Waals surface area contributed by atoms with E-state index < -0.39 is 5.97 Å². The van der Waals surface area contributed by atoms with Gasteiger partial charge in [0.2, 0.25) is 0 Å². The lowest BCUT2D eigenvalue weighted by Gasteiger charge is -2.06. The monoisotopic (exact) mass is 243 g/mol. The molecule has 0 unspecified atom stereocenters. The average molecular weight is 243 g/mol. The summed E-state index contributed by atoms with van der Waals surface area (Å²) in [4.78, 5) is 15.7. The lowest BCUT2D eigenvalue weighted by molar-refractivity contribution is 0.0526. The number of hydrogen-bond acceptors (Lipinski definition) is 4. The Balaban J connectivity index is 2.39. The Morgan fingerprint density at radius 3 is 2.83 bits per heavy atom. The second kappa shape index (κ2) is 5.31. The predicted octanol–water partition coefficient (Wildman–Crippen LogP) is 2.63. The van der Waals surface area contributed by atoms with Crippen molar-refractivity contribution in [2.75, 3.05) is 6.61 Å². The van der Waals surface area contributed by atoms with Gasteiger partial charge in [0.05, 0.1) is 17.9 Å². The highest BCUT2D eigenvalue weighted by Gasteiger charge is 2.10. The molecular weight excluding hydrogens is 230 g/mol. The van der Waals surface area contributed by atoms with Crippen molar-refractivity contribution in [3.63, 3.8) is 0 Å². The number of pyridine rings is 1. The van der Waals surface area contributed by atoms with Crippen LogP contribution in [0.3, 0.4) is 0 Å². The number of aromatic nitrogens is 1. The third-order valence-electron chi connectivity index (χ3n) is 2.45. The van der Waals surface area contributed by atoms with Crippen molar-refractivity contribution in [2.45, 2.75) is 6.92 Å². The van der Waals surface area contributed by atoms with Crippen LogP contribution >= 0.6 is 0 Å². The van der Waals surface area contributed by atoms with Crippen LogP contribution in [0.1, 0.15) is 17.3 Å². The van der Waals surface area contributed by atoms with Gasteiger partial charge in [0, 0.05) is 11.8 Å². The summed E-state index contributed by atoms with van der Waals surface area (Å²) in [5, 5.41) is 9.74. The van der Waals surface area contributed by atoms with Gasteiger partial charge >= 0.3 is 5.97 Å². The van der Waals surface area contributed by atoms with E-state index in [0.29, 0.717) is 23.4 Å². The Morgan fingerprint density at radius 1 is 1.33 bits per heavy atom. The lowest BCUT2D eigenvalue weighted by Crippen LogP contribution is -2.04. The number of nitrogens with zero attached hydrogens (tertiary/aromatic N) is 1. The number of para-hydroxylation sites is 1. The molecule has 92 valence electrons. The van der Waals surface area contributed by atoms with Crippen LogP contribution in [0.15, 0.2) is 42.6 Å². The molecular formula is C14H13NO3. The standard InChI is InChI=1S/C14H13NO3/c1-2-18-14(17)10-7-8-15-12(9-10)11-5-3-4-6-13(11)16/h3-9,16H,2H2,1H3. The molecule has 0 spiro atoms. The molecule has 0 amide bonds. The second-order valence-electron chi connectivity index (χ2n) is 3.67. The van der Waals surface area contributed by atoms with Gasteiger partial charge in [-0.3, -0.25) is 4.98 Å². The van der Waals surface area contributed by atoms with Crippen molar-refractivity contribution >= 4 is 5.97 Å². The van der Waals surface area contributed by atoms with Gasteiger partial charge in [-0.1, -0.05) is 12.1 Å². The fraction of sp³-hybridized carbons (Fsp3) is 0.143. The number of phenols is 1. The molecule has 0 aliphatic heterocycles. The third-order valence-corrected chi connectivity index (χ3v) is 2.45. The van der Waals surface area contributed by atoms with E-state index in [1.54, 1.807) is 43.3 Å². The first-order valence-corrected chi connectivity index (χ1v) is 5.64. The van der Waals surface area contributed by atoms with E-state index in [1.165, 1.54) is 6.20 Å². The normalized spacial score (nSPS) is 10.1. The molecule has 0 saturated carbocycles. The highest BCUT2D eigenvalue weighted by atomic mass is 16.5. The van der Waals surface area contributed by atoms with Gasteiger partial charge in [-0.2, -0.15) is 0 Å². The number of carbonyl (C=O) groups excluding carboxylic acids is 1. The van der Waals surface area contributed by atoms with Crippen molar-refractivity contribution in [1.29, 1.82) is 0 Å². The number of rotatable bonds is 3. The fourth-order valence-electron chi connectivity index (χ4n) is 1.61. The Bertz CT molecular complexity index is 566. The van der Waals surface area contributed by atoms with Crippen molar-refractivity contribution in [3.8, 4) is 17.0 Å². The SMILES string of the molecule is CCOC(=O)c1ccnc(-c2ccccc2O)c1. The molecule has 0 bridgehead atoms. The quantitative estimate of drug-likeness (QED) is 0.842. The van der Waals surface area contributed by atoms with Crippen LogP contribution in [0.25, 0.3) is 11.3 Å². The van der Waals surface area contributed by atoms with E-state index in [9.17, 15) is 9.90 Å². The van der Waals surface area contributed by atoms with Crippen molar-refractivity contribution in [1.82, 2.24) is 4.98 Å². The van der Waals surface area contributed by atoms with E-state index in [4.69, 9.17) is 4.74 Å². The van der Waals surface area contributed by atoms with Gasteiger partial charge in [0.1, 0.15) is 5.75 Å².